The Bertz CT molecular complexity index is 244. The zero-order valence-corrected chi connectivity index (χ0v) is 12.1. The van der Waals surface area contributed by atoms with E-state index < -0.39 is 0 Å². The van der Waals surface area contributed by atoms with E-state index in [0.717, 1.165) is 25.0 Å². The third-order valence-electron chi connectivity index (χ3n) is 3.46. The van der Waals surface area contributed by atoms with Gasteiger partial charge in [-0.25, -0.2) is 5.84 Å². The van der Waals surface area contributed by atoms with Gasteiger partial charge in [-0.2, -0.15) is 0 Å². The van der Waals surface area contributed by atoms with E-state index in [9.17, 15) is 0 Å². The maximum atomic E-state index is 5.47. The maximum absolute atomic E-state index is 5.47. The summed E-state index contributed by atoms with van der Waals surface area (Å²) < 4.78 is 0. The first kappa shape index (κ1) is 15.2. The van der Waals surface area contributed by atoms with E-state index >= 15 is 0 Å². The molecule has 0 amide bonds. The second-order valence-electron chi connectivity index (χ2n) is 5.49. The molecule has 0 aromatic carbocycles. The van der Waals surface area contributed by atoms with Crippen LogP contribution in [0.1, 0.15) is 33.6 Å². The fourth-order valence-electron chi connectivity index (χ4n) is 2.17. The van der Waals surface area contributed by atoms with Crippen LogP contribution in [0.2, 0.25) is 0 Å². The molecule has 1 rings (SSSR count). The molecule has 1 heterocycles. The van der Waals surface area contributed by atoms with Crippen molar-refractivity contribution in [1.82, 2.24) is 15.6 Å². The lowest BCUT2D eigenvalue weighted by Gasteiger charge is -2.31. The van der Waals surface area contributed by atoms with E-state index in [2.05, 4.69) is 41.4 Å². The SMILES string of the molecule is CCN1CCC(CNC(=NCC(C)C)NN)CC1. The minimum atomic E-state index is 0.558. The molecule has 5 nitrogen and oxygen atoms in total. The molecular weight excluding hydrogens is 226 g/mol. The highest BCUT2D eigenvalue weighted by molar-refractivity contribution is 5.79. The zero-order chi connectivity index (χ0) is 13.4. The van der Waals surface area contributed by atoms with E-state index in [1.807, 2.05) is 0 Å². The molecule has 1 fully saturated rings. The van der Waals surface area contributed by atoms with Crippen LogP contribution >= 0.6 is 0 Å². The smallest absolute Gasteiger partial charge is 0.205 e. The summed E-state index contributed by atoms with van der Waals surface area (Å²) in [5.74, 6) is 7.49. The summed E-state index contributed by atoms with van der Waals surface area (Å²) in [4.78, 5) is 6.92. The van der Waals surface area contributed by atoms with Crippen LogP contribution in [-0.2, 0) is 0 Å². The Morgan fingerprint density at radius 2 is 2.06 bits per heavy atom. The number of likely N-dealkylation sites (tertiary alicyclic amines) is 1. The number of nitrogens with one attached hydrogen (secondary N) is 2. The summed E-state index contributed by atoms with van der Waals surface area (Å²) >= 11 is 0. The van der Waals surface area contributed by atoms with Crippen molar-refractivity contribution in [2.75, 3.05) is 32.7 Å². The molecule has 4 N–H and O–H groups in total. The minimum Gasteiger partial charge on any atom is -0.355 e. The van der Waals surface area contributed by atoms with Crippen molar-refractivity contribution in [3.8, 4) is 0 Å². The summed E-state index contributed by atoms with van der Waals surface area (Å²) in [6.45, 7) is 11.9. The van der Waals surface area contributed by atoms with Crippen LogP contribution < -0.4 is 16.6 Å². The number of hydrogen-bond acceptors (Lipinski definition) is 3. The Labute approximate surface area is 111 Å². The van der Waals surface area contributed by atoms with Crippen LogP contribution in [0.4, 0.5) is 0 Å². The third-order valence-corrected chi connectivity index (χ3v) is 3.46. The topological polar surface area (TPSA) is 65.7 Å². The highest BCUT2D eigenvalue weighted by Crippen LogP contribution is 2.15. The number of aliphatic imine (C=N–C) groups is 1. The van der Waals surface area contributed by atoms with Crippen LogP contribution in [0.25, 0.3) is 0 Å². The molecule has 0 aliphatic carbocycles. The molecule has 0 unspecified atom stereocenters. The molecule has 106 valence electrons. The molecular formula is C13H29N5. The monoisotopic (exact) mass is 255 g/mol. The van der Waals surface area contributed by atoms with Gasteiger partial charge in [0, 0.05) is 13.1 Å². The van der Waals surface area contributed by atoms with Crippen molar-refractivity contribution < 1.29 is 0 Å². The average Bonchev–Trinajstić information content (AvgIpc) is 2.39. The second kappa shape index (κ2) is 8.32. The van der Waals surface area contributed by atoms with Gasteiger partial charge in [-0.05, 0) is 44.3 Å². The first-order chi connectivity index (χ1) is 8.65. The number of nitrogens with two attached hydrogens (primary N) is 1. The fraction of sp³-hybridized carbons (Fsp3) is 0.923. The second-order valence-corrected chi connectivity index (χ2v) is 5.49. The Hall–Kier alpha value is -0.810. The molecule has 0 aromatic rings. The van der Waals surface area contributed by atoms with Gasteiger partial charge in [0.15, 0.2) is 0 Å². The predicted molar refractivity (Wildman–Crippen MR) is 77.3 cm³/mol. The van der Waals surface area contributed by atoms with Crippen molar-refractivity contribution in [2.45, 2.75) is 33.6 Å². The number of hydrazine groups is 1. The largest absolute Gasteiger partial charge is 0.355 e. The number of nitrogens with zero attached hydrogens (tertiary/aromatic N) is 2. The van der Waals surface area contributed by atoms with E-state index in [4.69, 9.17) is 5.84 Å². The number of guanidine groups is 1. The van der Waals surface area contributed by atoms with Crippen molar-refractivity contribution in [2.24, 2.45) is 22.7 Å². The lowest BCUT2D eigenvalue weighted by atomic mass is 9.97. The normalized spacial score (nSPS) is 19.3. The van der Waals surface area contributed by atoms with Gasteiger partial charge in [0.05, 0.1) is 0 Å². The Balaban J connectivity index is 2.24. The first-order valence-electron chi connectivity index (χ1n) is 7.13. The first-order valence-corrected chi connectivity index (χ1v) is 7.13. The third kappa shape index (κ3) is 5.69. The summed E-state index contributed by atoms with van der Waals surface area (Å²) in [5, 5.41) is 3.32. The standard InChI is InChI=1S/C13H29N5/c1-4-18-7-5-12(6-8-18)10-16-13(17-14)15-9-11(2)3/h11-12H,4-10,14H2,1-3H3,(H2,15,16,17). The van der Waals surface area contributed by atoms with Gasteiger partial charge in [-0.15, -0.1) is 0 Å². The molecule has 1 saturated heterocycles. The van der Waals surface area contributed by atoms with Gasteiger partial charge in [0.1, 0.15) is 0 Å². The summed E-state index contributed by atoms with van der Waals surface area (Å²) in [7, 11) is 0. The number of hydrogen-bond donors (Lipinski definition) is 3. The molecule has 1 aliphatic heterocycles. The average molecular weight is 255 g/mol. The predicted octanol–water partition coefficient (Wildman–Crippen LogP) is 0.783. The maximum Gasteiger partial charge on any atom is 0.205 e. The lowest BCUT2D eigenvalue weighted by molar-refractivity contribution is 0.193. The minimum absolute atomic E-state index is 0.558. The van der Waals surface area contributed by atoms with Crippen LogP contribution in [0.15, 0.2) is 4.99 Å². The highest BCUT2D eigenvalue weighted by atomic mass is 15.3. The van der Waals surface area contributed by atoms with Gasteiger partial charge >= 0.3 is 0 Å². The van der Waals surface area contributed by atoms with Crippen LogP contribution in [0.3, 0.4) is 0 Å². The zero-order valence-electron chi connectivity index (χ0n) is 12.1. The van der Waals surface area contributed by atoms with Crippen LogP contribution in [0.5, 0.6) is 0 Å². The van der Waals surface area contributed by atoms with E-state index in [-0.39, 0.29) is 0 Å². The van der Waals surface area contributed by atoms with E-state index in [1.165, 1.54) is 32.5 Å². The van der Waals surface area contributed by atoms with Crippen molar-refractivity contribution >= 4 is 5.96 Å². The molecule has 5 heteroatoms. The van der Waals surface area contributed by atoms with Crippen molar-refractivity contribution in [3.05, 3.63) is 0 Å². The molecule has 0 radical (unpaired) electrons. The quantitative estimate of drug-likeness (QED) is 0.294. The number of piperidine rings is 1. The van der Waals surface area contributed by atoms with Crippen molar-refractivity contribution in [3.63, 3.8) is 0 Å². The van der Waals surface area contributed by atoms with Gasteiger partial charge in [0.25, 0.3) is 0 Å². The Morgan fingerprint density at radius 1 is 1.39 bits per heavy atom. The number of rotatable bonds is 5. The van der Waals surface area contributed by atoms with Gasteiger partial charge in [-0.1, -0.05) is 20.8 Å². The van der Waals surface area contributed by atoms with Crippen LogP contribution in [0, 0.1) is 11.8 Å². The van der Waals surface area contributed by atoms with Gasteiger partial charge < -0.3 is 10.2 Å². The molecule has 0 bridgehead atoms. The fourth-order valence-corrected chi connectivity index (χ4v) is 2.17. The van der Waals surface area contributed by atoms with Crippen LogP contribution in [-0.4, -0.2) is 43.6 Å². The molecule has 18 heavy (non-hydrogen) atoms. The summed E-state index contributed by atoms with van der Waals surface area (Å²) in [5.41, 5.74) is 2.65. The van der Waals surface area contributed by atoms with Crippen molar-refractivity contribution in [1.29, 1.82) is 0 Å². The molecule has 0 spiro atoms. The molecule has 1 aliphatic rings. The Morgan fingerprint density at radius 3 is 2.56 bits per heavy atom. The molecule has 0 aromatic heterocycles. The Kier molecular flexibility index (Phi) is 7.05. The van der Waals surface area contributed by atoms with Gasteiger partial charge in [-0.3, -0.25) is 10.4 Å². The highest BCUT2D eigenvalue weighted by Gasteiger charge is 2.17. The molecule has 0 atom stereocenters. The summed E-state index contributed by atoms with van der Waals surface area (Å²) in [6, 6.07) is 0. The van der Waals surface area contributed by atoms with E-state index in [1.54, 1.807) is 0 Å². The van der Waals surface area contributed by atoms with E-state index in [0.29, 0.717) is 5.92 Å². The molecule has 0 saturated carbocycles. The lowest BCUT2D eigenvalue weighted by Crippen LogP contribution is -2.45. The summed E-state index contributed by atoms with van der Waals surface area (Å²) in [6.07, 6.45) is 2.53. The van der Waals surface area contributed by atoms with Gasteiger partial charge in [0.2, 0.25) is 5.96 Å².